The lowest BCUT2D eigenvalue weighted by atomic mass is 9.87. The van der Waals surface area contributed by atoms with Gasteiger partial charge in [0.15, 0.2) is 0 Å². The number of amides is 1. The molecule has 4 nitrogen and oxygen atoms in total. The molecule has 134 valence electrons. The average molecular weight is 341 g/mol. The SMILES string of the molecule is COc1ccc(OC)c(C(=O)N(C)Cc2ccc(C(C)(C)C)cc2)c1. The van der Waals surface area contributed by atoms with Crippen LogP contribution < -0.4 is 9.47 Å². The molecular formula is C21H27NO3. The number of carbonyl (C=O) groups excluding carboxylic acids is 1. The normalized spacial score (nSPS) is 11.1. The number of carbonyl (C=O) groups is 1. The molecule has 0 aliphatic heterocycles. The van der Waals surface area contributed by atoms with E-state index in [1.807, 2.05) is 0 Å². The van der Waals surface area contributed by atoms with E-state index in [0.717, 1.165) is 5.56 Å². The van der Waals surface area contributed by atoms with Gasteiger partial charge in [-0.2, -0.15) is 0 Å². The zero-order valence-corrected chi connectivity index (χ0v) is 15.9. The predicted octanol–water partition coefficient (Wildman–Crippen LogP) is 4.27. The van der Waals surface area contributed by atoms with Crippen molar-refractivity contribution in [2.24, 2.45) is 0 Å². The van der Waals surface area contributed by atoms with Crippen LogP contribution in [-0.4, -0.2) is 32.1 Å². The zero-order chi connectivity index (χ0) is 18.6. The van der Waals surface area contributed by atoms with Gasteiger partial charge in [0.2, 0.25) is 0 Å². The predicted molar refractivity (Wildman–Crippen MR) is 100 cm³/mol. The first-order valence-corrected chi connectivity index (χ1v) is 8.33. The van der Waals surface area contributed by atoms with E-state index in [4.69, 9.17) is 9.47 Å². The Morgan fingerprint density at radius 3 is 2.16 bits per heavy atom. The summed E-state index contributed by atoms with van der Waals surface area (Å²) in [5, 5.41) is 0. The molecule has 0 radical (unpaired) electrons. The van der Waals surface area contributed by atoms with E-state index >= 15 is 0 Å². The molecule has 25 heavy (non-hydrogen) atoms. The van der Waals surface area contributed by atoms with Crippen molar-refractivity contribution in [1.29, 1.82) is 0 Å². The van der Waals surface area contributed by atoms with Crippen LogP contribution in [0.4, 0.5) is 0 Å². The van der Waals surface area contributed by atoms with Gasteiger partial charge in [-0.1, -0.05) is 45.0 Å². The van der Waals surface area contributed by atoms with E-state index in [1.165, 1.54) is 5.56 Å². The van der Waals surface area contributed by atoms with E-state index in [0.29, 0.717) is 23.6 Å². The number of hydrogen-bond donors (Lipinski definition) is 0. The number of methoxy groups -OCH3 is 2. The summed E-state index contributed by atoms with van der Waals surface area (Å²) in [5.41, 5.74) is 2.98. The summed E-state index contributed by atoms with van der Waals surface area (Å²) in [7, 11) is 4.93. The van der Waals surface area contributed by atoms with Gasteiger partial charge in [0.25, 0.3) is 5.91 Å². The second-order valence-corrected chi connectivity index (χ2v) is 7.17. The molecule has 0 heterocycles. The van der Waals surface area contributed by atoms with Crippen LogP contribution in [0.5, 0.6) is 11.5 Å². The van der Waals surface area contributed by atoms with Gasteiger partial charge in [-0.15, -0.1) is 0 Å². The third kappa shape index (κ3) is 4.53. The summed E-state index contributed by atoms with van der Waals surface area (Å²) in [4.78, 5) is 14.5. The van der Waals surface area contributed by atoms with Crippen LogP contribution in [0.15, 0.2) is 42.5 Å². The Morgan fingerprint density at radius 1 is 1.00 bits per heavy atom. The summed E-state index contributed by atoms with van der Waals surface area (Å²) in [5.74, 6) is 1.07. The molecule has 0 bridgehead atoms. The average Bonchev–Trinajstić information content (AvgIpc) is 2.60. The molecule has 0 N–H and O–H groups in total. The maximum Gasteiger partial charge on any atom is 0.257 e. The summed E-state index contributed by atoms with van der Waals surface area (Å²) < 4.78 is 10.5. The Labute approximate surface area is 150 Å². The lowest BCUT2D eigenvalue weighted by Gasteiger charge is -2.21. The summed E-state index contributed by atoms with van der Waals surface area (Å²) in [6.45, 7) is 7.09. The Hall–Kier alpha value is -2.49. The number of ether oxygens (including phenoxy) is 2. The van der Waals surface area contributed by atoms with Gasteiger partial charge >= 0.3 is 0 Å². The van der Waals surface area contributed by atoms with Gasteiger partial charge in [0.05, 0.1) is 19.8 Å². The highest BCUT2D eigenvalue weighted by Crippen LogP contribution is 2.26. The molecule has 0 spiro atoms. The van der Waals surface area contributed by atoms with Crippen LogP contribution in [0.25, 0.3) is 0 Å². The largest absolute Gasteiger partial charge is 0.497 e. The quantitative estimate of drug-likeness (QED) is 0.815. The van der Waals surface area contributed by atoms with Gasteiger partial charge < -0.3 is 14.4 Å². The molecule has 0 atom stereocenters. The van der Waals surface area contributed by atoms with Gasteiger partial charge in [0.1, 0.15) is 11.5 Å². The highest BCUT2D eigenvalue weighted by atomic mass is 16.5. The Kier molecular flexibility index (Phi) is 5.73. The van der Waals surface area contributed by atoms with E-state index in [2.05, 4.69) is 45.0 Å². The van der Waals surface area contributed by atoms with Crippen LogP contribution in [0.3, 0.4) is 0 Å². The molecule has 2 aromatic rings. The third-order valence-corrected chi connectivity index (χ3v) is 4.22. The molecule has 2 aromatic carbocycles. The van der Waals surface area contributed by atoms with Crippen molar-refractivity contribution in [2.75, 3.05) is 21.3 Å². The molecule has 0 aliphatic rings. The van der Waals surface area contributed by atoms with Crippen LogP contribution in [0, 0.1) is 0 Å². The Balaban J connectivity index is 2.18. The second kappa shape index (κ2) is 7.60. The minimum Gasteiger partial charge on any atom is -0.497 e. The fourth-order valence-corrected chi connectivity index (χ4v) is 2.64. The minimum atomic E-state index is -0.101. The van der Waals surface area contributed by atoms with Crippen molar-refractivity contribution in [1.82, 2.24) is 4.90 Å². The molecule has 0 saturated carbocycles. The van der Waals surface area contributed by atoms with Gasteiger partial charge in [-0.05, 0) is 34.7 Å². The standard InChI is InChI=1S/C21H27NO3/c1-21(2,3)16-9-7-15(8-10-16)14-22(4)20(23)18-13-17(24-5)11-12-19(18)25-6/h7-13H,14H2,1-6H3. The van der Waals surface area contributed by atoms with E-state index in [9.17, 15) is 4.79 Å². The Morgan fingerprint density at radius 2 is 1.64 bits per heavy atom. The van der Waals surface area contributed by atoms with Gasteiger partial charge in [-0.25, -0.2) is 0 Å². The molecule has 4 heteroatoms. The van der Waals surface area contributed by atoms with Crippen LogP contribution in [0.1, 0.15) is 42.3 Å². The first kappa shape index (κ1) is 18.8. The van der Waals surface area contributed by atoms with Crippen LogP contribution in [0.2, 0.25) is 0 Å². The smallest absolute Gasteiger partial charge is 0.257 e. The van der Waals surface area contributed by atoms with Crippen LogP contribution in [-0.2, 0) is 12.0 Å². The van der Waals surface area contributed by atoms with Crippen molar-refractivity contribution in [3.63, 3.8) is 0 Å². The zero-order valence-electron chi connectivity index (χ0n) is 15.9. The number of benzene rings is 2. The summed E-state index contributed by atoms with van der Waals surface area (Å²) in [6.07, 6.45) is 0. The lowest BCUT2D eigenvalue weighted by Crippen LogP contribution is -2.26. The molecule has 0 fully saturated rings. The molecule has 0 saturated heterocycles. The topological polar surface area (TPSA) is 38.8 Å². The lowest BCUT2D eigenvalue weighted by molar-refractivity contribution is 0.0781. The summed E-state index contributed by atoms with van der Waals surface area (Å²) in [6, 6.07) is 13.6. The van der Waals surface area contributed by atoms with Crippen molar-refractivity contribution >= 4 is 5.91 Å². The van der Waals surface area contributed by atoms with Crippen molar-refractivity contribution in [3.8, 4) is 11.5 Å². The number of hydrogen-bond acceptors (Lipinski definition) is 3. The van der Waals surface area contributed by atoms with Crippen LogP contribution >= 0.6 is 0 Å². The first-order valence-electron chi connectivity index (χ1n) is 8.33. The number of rotatable bonds is 5. The molecule has 0 unspecified atom stereocenters. The van der Waals surface area contributed by atoms with Gasteiger partial charge in [-0.3, -0.25) is 4.79 Å². The van der Waals surface area contributed by atoms with Crippen molar-refractivity contribution < 1.29 is 14.3 Å². The monoisotopic (exact) mass is 341 g/mol. The van der Waals surface area contributed by atoms with E-state index in [-0.39, 0.29) is 11.3 Å². The van der Waals surface area contributed by atoms with E-state index < -0.39 is 0 Å². The van der Waals surface area contributed by atoms with Crippen molar-refractivity contribution in [2.45, 2.75) is 32.7 Å². The second-order valence-electron chi connectivity index (χ2n) is 7.17. The van der Waals surface area contributed by atoms with Gasteiger partial charge in [0, 0.05) is 13.6 Å². The fraction of sp³-hybridized carbons (Fsp3) is 0.381. The van der Waals surface area contributed by atoms with Crippen molar-refractivity contribution in [3.05, 3.63) is 59.2 Å². The summed E-state index contributed by atoms with van der Waals surface area (Å²) >= 11 is 0. The Bertz CT molecular complexity index is 730. The number of nitrogens with zero attached hydrogens (tertiary/aromatic N) is 1. The third-order valence-electron chi connectivity index (χ3n) is 4.22. The van der Waals surface area contributed by atoms with E-state index in [1.54, 1.807) is 44.4 Å². The highest BCUT2D eigenvalue weighted by molar-refractivity contribution is 5.97. The fourth-order valence-electron chi connectivity index (χ4n) is 2.64. The maximum absolute atomic E-state index is 12.8. The molecule has 1 amide bonds. The first-order chi connectivity index (χ1) is 11.8. The molecule has 0 aliphatic carbocycles. The molecular weight excluding hydrogens is 314 g/mol. The minimum absolute atomic E-state index is 0.101. The maximum atomic E-state index is 12.8. The molecule has 2 rings (SSSR count). The highest BCUT2D eigenvalue weighted by Gasteiger charge is 2.18. The molecule has 0 aromatic heterocycles.